The van der Waals surface area contributed by atoms with Crippen LogP contribution >= 0.6 is 11.8 Å². The highest BCUT2D eigenvalue weighted by Gasteiger charge is 2.23. The van der Waals surface area contributed by atoms with E-state index in [0.29, 0.717) is 5.75 Å². The van der Waals surface area contributed by atoms with E-state index in [1.165, 1.54) is 5.56 Å². The van der Waals surface area contributed by atoms with Gasteiger partial charge >= 0.3 is 0 Å². The van der Waals surface area contributed by atoms with Crippen LogP contribution in [-0.2, 0) is 5.75 Å². The minimum atomic E-state index is 0.108. The quantitative estimate of drug-likeness (QED) is 0.504. The van der Waals surface area contributed by atoms with E-state index in [1.54, 1.807) is 11.8 Å². The topological polar surface area (TPSA) is 49.6 Å². The summed E-state index contributed by atoms with van der Waals surface area (Å²) >= 11 is 1.61. The average molecular weight is 434 g/mol. The molecule has 1 amide bonds. The number of thioether (sulfide) groups is 1. The fourth-order valence-corrected chi connectivity index (χ4v) is 4.53. The summed E-state index contributed by atoms with van der Waals surface area (Å²) in [6.45, 7) is 6.08. The predicted molar refractivity (Wildman–Crippen MR) is 125 cm³/mol. The van der Waals surface area contributed by atoms with Gasteiger partial charge in [-0.15, -0.1) is 11.8 Å². The van der Waals surface area contributed by atoms with Crippen LogP contribution in [0, 0.1) is 6.92 Å². The lowest BCUT2D eigenvalue weighted by Gasteiger charge is -2.34. The first-order chi connectivity index (χ1) is 15.2. The molecule has 2 aromatic carbocycles. The number of nitrogens with zero attached hydrogens (tertiary/aromatic N) is 3. The van der Waals surface area contributed by atoms with Gasteiger partial charge in [-0.1, -0.05) is 59.8 Å². The second-order valence-electron chi connectivity index (χ2n) is 7.63. The van der Waals surface area contributed by atoms with Crippen LogP contribution in [0.3, 0.4) is 0 Å². The van der Waals surface area contributed by atoms with Crippen LogP contribution in [0.4, 0.5) is 0 Å². The Morgan fingerprint density at radius 2 is 1.81 bits per heavy atom. The second kappa shape index (κ2) is 10.5. The third-order valence-electron chi connectivity index (χ3n) is 5.30. The van der Waals surface area contributed by atoms with Crippen molar-refractivity contribution in [1.82, 2.24) is 15.0 Å². The molecule has 0 radical (unpaired) electrons. The molecule has 0 spiro atoms. The van der Waals surface area contributed by atoms with E-state index in [4.69, 9.17) is 4.52 Å². The Hall–Kier alpha value is -2.83. The summed E-state index contributed by atoms with van der Waals surface area (Å²) in [6, 6.07) is 20.1. The van der Waals surface area contributed by atoms with Crippen LogP contribution in [-0.4, -0.2) is 53.6 Å². The van der Waals surface area contributed by atoms with Crippen LogP contribution in [0.25, 0.3) is 6.08 Å². The summed E-state index contributed by atoms with van der Waals surface area (Å²) in [5.41, 5.74) is 2.85. The Balaban J connectivity index is 1.31. The highest BCUT2D eigenvalue weighted by atomic mass is 32.2. The first kappa shape index (κ1) is 21.4. The minimum absolute atomic E-state index is 0.108. The highest BCUT2D eigenvalue weighted by Crippen LogP contribution is 2.27. The molecule has 0 aliphatic carbocycles. The number of aromatic nitrogens is 1. The fourth-order valence-electron chi connectivity index (χ4n) is 3.61. The first-order valence-corrected chi connectivity index (χ1v) is 11.5. The minimum Gasteiger partial charge on any atom is -0.360 e. The molecule has 1 saturated heterocycles. The van der Waals surface area contributed by atoms with E-state index in [2.05, 4.69) is 34.3 Å². The van der Waals surface area contributed by atoms with Gasteiger partial charge in [-0.25, -0.2) is 0 Å². The van der Waals surface area contributed by atoms with Gasteiger partial charge in [0.05, 0.1) is 17.0 Å². The Morgan fingerprint density at radius 1 is 1.06 bits per heavy atom. The number of aryl methyl sites for hydroxylation is 1. The van der Waals surface area contributed by atoms with Gasteiger partial charge in [-0.3, -0.25) is 9.69 Å². The lowest BCUT2D eigenvalue weighted by molar-refractivity contribution is 0.0647. The number of piperazine rings is 1. The Kier molecular flexibility index (Phi) is 7.22. The molecule has 0 saturated carbocycles. The third-order valence-corrected chi connectivity index (χ3v) is 6.39. The highest BCUT2D eigenvalue weighted by molar-refractivity contribution is 7.98. The standard InChI is InChI=1S/C25H27N3O2S/c1-20-18-22(30-26-20)19-31-24-12-6-5-11-23(24)25(29)28-16-14-27(15-17-28)13-7-10-21-8-3-2-4-9-21/h2-12,18H,13-17,19H2,1H3/b10-7+. The molecule has 2 heterocycles. The van der Waals surface area contributed by atoms with E-state index >= 15 is 0 Å². The van der Waals surface area contributed by atoms with Crippen LogP contribution in [0.1, 0.15) is 27.4 Å². The molecule has 1 aliphatic rings. The van der Waals surface area contributed by atoms with Gasteiger partial charge < -0.3 is 9.42 Å². The van der Waals surface area contributed by atoms with E-state index in [-0.39, 0.29) is 5.91 Å². The van der Waals surface area contributed by atoms with Crippen LogP contribution in [0.5, 0.6) is 0 Å². The molecule has 0 bridgehead atoms. The van der Waals surface area contributed by atoms with Gasteiger partial charge in [-0.05, 0) is 24.6 Å². The van der Waals surface area contributed by atoms with Gasteiger partial charge in [0.25, 0.3) is 5.91 Å². The first-order valence-electron chi connectivity index (χ1n) is 10.6. The molecule has 31 heavy (non-hydrogen) atoms. The lowest BCUT2D eigenvalue weighted by atomic mass is 10.1. The fraction of sp³-hybridized carbons (Fsp3) is 0.280. The van der Waals surface area contributed by atoms with E-state index in [1.807, 2.05) is 60.4 Å². The maximum atomic E-state index is 13.2. The molecule has 1 fully saturated rings. The van der Waals surface area contributed by atoms with E-state index in [0.717, 1.165) is 54.6 Å². The molecule has 4 rings (SSSR count). The van der Waals surface area contributed by atoms with Gasteiger partial charge in [0.1, 0.15) is 5.76 Å². The van der Waals surface area contributed by atoms with Crippen molar-refractivity contribution in [3.05, 3.63) is 89.3 Å². The van der Waals surface area contributed by atoms with Crippen molar-refractivity contribution in [3.63, 3.8) is 0 Å². The van der Waals surface area contributed by atoms with Crippen molar-refractivity contribution in [3.8, 4) is 0 Å². The van der Waals surface area contributed by atoms with Gasteiger partial charge in [0, 0.05) is 43.7 Å². The zero-order chi connectivity index (χ0) is 21.5. The second-order valence-corrected chi connectivity index (χ2v) is 8.64. The van der Waals surface area contributed by atoms with Crippen molar-refractivity contribution in [2.24, 2.45) is 0 Å². The third kappa shape index (κ3) is 5.87. The van der Waals surface area contributed by atoms with Crippen molar-refractivity contribution in [2.75, 3.05) is 32.7 Å². The molecular weight excluding hydrogens is 406 g/mol. The Bertz CT molecular complexity index is 1020. The molecule has 0 N–H and O–H groups in total. The normalized spacial score (nSPS) is 14.9. The summed E-state index contributed by atoms with van der Waals surface area (Å²) < 4.78 is 5.30. The van der Waals surface area contributed by atoms with E-state index in [9.17, 15) is 4.79 Å². The molecule has 1 aromatic heterocycles. The number of amides is 1. The molecule has 0 unspecified atom stereocenters. The lowest BCUT2D eigenvalue weighted by Crippen LogP contribution is -2.48. The molecule has 1 aliphatic heterocycles. The molecule has 6 heteroatoms. The van der Waals surface area contributed by atoms with Crippen LogP contribution in [0.2, 0.25) is 0 Å². The van der Waals surface area contributed by atoms with E-state index < -0.39 is 0 Å². The number of hydrogen-bond donors (Lipinski definition) is 0. The summed E-state index contributed by atoms with van der Waals surface area (Å²) in [7, 11) is 0. The van der Waals surface area contributed by atoms with Crippen molar-refractivity contribution < 1.29 is 9.32 Å². The number of rotatable bonds is 7. The zero-order valence-electron chi connectivity index (χ0n) is 17.7. The summed E-state index contributed by atoms with van der Waals surface area (Å²) in [4.78, 5) is 18.5. The van der Waals surface area contributed by atoms with Crippen molar-refractivity contribution in [2.45, 2.75) is 17.6 Å². The monoisotopic (exact) mass is 433 g/mol. The van der Waals surface area contributed by atoms with Crippen LogP contribution < -0.4 is 0 Å². The molecule has 0 atom stereocenters. The van der Waals surface area contributed by atoms with Crippen LogP contribution in [0.15, 0.2) is 76.2 Å². The molecule has 5 nitrogen and oxygen atoms in total. The Morgan fingerprint density at radius 3 is 2.55 bits per heavy atom. The summed E-state index contributed by atoms with van der Waals surface area (Å²) in [5, 5.41) is 3.93. The maximum absolute atomic E-state index is 13.2. The zero-order valence-corrected chi connectivity index (χ0v) is 18.6. The van der Waals surface area contributed by atoms with Gasteiger partial charge in [0.15, 0.2) is 0 Å². The largest absolute Gasteiger partial charge is 0.360 e. The van der Waals surface area contributed by atoms with Gasteiger partial charge in [-0.2, -0.15) is 0 Å². The predicted octanol–water partition coefficient (Wildman–Crippen LogP) is 4.75. The summed E-state index contributed by atoms with van der Waals surface area (Å²) in [5.74, 6) is 1.59. The molecule has 3 aromatic rings. The number of hydrogen-bond acceptors (Lipinski definition) is 5. The maximum Gasteiger partial charge on any atom is 0.255 e. The van der Waals surface area contributed by atoms with Gasteiger partial charge in [0.2, 0.25) is 0 Å². The SMILES string of the molecule is Cc1cc(CSc2ccccc2C(=O)N2CCN(C/C=C/c3ccccc3)CC2)on1. The molecule has 160 valence electrons. The number of carbonyl (C=O) groups excluding carboxylic acids is 1. The van der Waals surface area contributed by atoms with Crippen molar-refractivity contribution in [1.29, 1.82) is 0 Å². The summed E-state index contributed by atoms with van der Waals surface area (Å²) in [6.07, 6.45) is 4.35. The Labute approximate surface area is 187 Å². The van der Waals surface area contributed by atoms with Crippen molar-refractivity contribution >= 4 is 23.7 Å². The molecular formula is C25H27N3O2S. The number of carbonyl (C=O) groups is 1. The average Bonchev–Trinajstić information content (AvgIpc) is 3.24. The number of benzene rings is 2. The smallest absolute Gasteiger partial charge is 0.255 e.